The zero-order valence-corrected chi connectivity index (χ0v) is 16.8. The van der Waals surface area contributed by atoms with Gasteiger partial charge in [0.2, 0.25) is 0 Å². The van der Waals surface area contributed by atoms with Gasteiger partial charge in [-0.1, -0.05) is 29.3 Å². The van der Waals surface area contributed by atoms with Crippen molar-refractivity contribution in [1.29, 1.82) is 0 Å². The summed E-state index contributed by atoms with van der Waals surface area (Å²) in [4.78, 5) is 11.3. The minimum atomic E-state index is -4.59. The number of benzene rings is 2. The highest BCUT2D eigenvalue weighted by Crippen LogP contribution is 2.57. The fraction of sp³-hybridized carbons (Fsp3) is 0.222. The van der Waals surface area contributed by atoms with Crippen molar-refractivity contribution in [3.05, 3.63) is 68.7 Å². The van der Waals surface area contributed by atoms with Crippen molar-refractivity contribution < 1.29 is 18.0 Å². The molecule has 0 saturated carbocycles. The summed E-state index contributed by atoms with van der Waals surface area (Å²) in [6, 6.07) is 8.52. The second kappa shape index (κ2) is 7.32. The predicted octanol–water partition coefficient (Wildman–Crippen LogP) is 6.98. The van der Waals surface area contributed by atoms with Crippen molar-refractivity contribution in [2.45, 2.75) is 24.3 Å². The molecule has 2 nitrogen and oxygen atoms in total. The molecule has 0 N–H and O–H groups in total. The maximum atomic E-state index is 14.1. The fourth-order valence-corrected chi connectivity index (χ4v) is 4.61. The number of carbonyl (C=O) groups excluding carboxylic acids is 1. The lowest BCUT2D eigenvalue weighted by atomic mass is 9.89. The second-order valence-electron chi connectivity index (χ2n) is 6.09. The Morgan fingerprint density at radius 3 is 2.30 bits per heavy atom. The molecule has 0 radical (unpaired) electrons. The number of hydrogen-bond donors (Lipinski definition) is 0. The molecule has 0 fully saturated rings. The molecule has 0 spiro atoms. The van der Waals surface area contributed by atoms with E-state index in [0.717, 1.165) is 0 Å². The van der Waals surface area contributed by atoms with E-state index in [2.05, 4.69) is 4.40 Å². The second-order valence-corrected chi connectivity index (χ2v) is 8.37. The van der Waals surface area contributed by atoms with Crippen molar-refractivity contribution in [2.24, 2.45) is 4.40 Å². The van der Waals surface area contributed by atoms with Gasteiger partial charge in [0, 0.05) is 22.0 Å². The van der Waals surface area contributed by atoms with Crippen LogP contribution in [0.4, 0.5) is 13.2 Å². The fourth-order valence-electron chi connectivity index (χ4n) is 2.91. The van der Waals surface area contributed by atoms with Crippen LogP contribution < -0.4 is 0 Å². The van der Waals surface area contributed by atoms with E-state index in [4.69, 9.17) is 34.8 Å². The summed E-state index contributed by atoms with van der Waals surface area (Å²) < 4.78 is 44.0. The number of carbonyl (C=O) groups is 1. The first-order valence-corrected chi connectivity index (χ1v) is 9.53. The molecule has 0 aromatic heterocycles. The maximum Gasteiger partial charge on any atom is 0.409 e. The van der Waals surface area contributed by atoms with Gasteiger partial charge in [0.15, 0.2) is 4.75 Å². The largest absolute Gasteiger partial charge is 0.409 e. The number of rotatable bonds is 3. The van der Waals surface area contributed by atoms with Crippen LogP contribution in [0.3, 0.4) is 0 Å². The van der Waals surface area contributed by atoms with Crippen LogP contribution in [0.5, 0.6) is 0 Å². The van der Waals surface area contributed by atoms with E-state index in [0.29, 0.717) is 28.6 Å². The molecule has 1 atom stereocenters. The van der Waals surface area contributed by atoms with E-state index >= 15 is 0 Å². The van der Waals surface area contributed by atoms with Gasteiger partial charge in [0.05, 0.1) is 5.71 Å². The third-order valence-corrected chi connectivity index (χ3v) is 6.16. The number of hydrogen-bond acceptors (Lipinski definition) is 3. The molecule has 142 valence electrons. The molecule has 0 amide bonds. The number of aryl methyl sites for hydroxylation is 1. The molecule has 1 aliphatic rings. The topological polar surface area (TPSA) is 29.4 Å². The first-order valence-electron chi connectivity index (χ1n) is 7.63. The molecule has 27 heavy (non-hydrogen) atoms. The van der Waals surface area contributed by atoms with E-state index < -0.39 is 16.2 Å². The van der Waals surface area contributed by atoms with Crippen LogP contribution >= 0.6 is 46.8 Å². The third-order valence-electron chi connectivity index (χ3n) is 4.29. The summed E-state index contributed by atoms with van der Waals surface area (Å²) in [5.41, 5.74) is 1.58. The highest BCUT2D eigenvalue weighted by Gasteiger charge is 2.60. The van der Waals surface area contributed by atoms with E-state index in [-0.39, 0.29) is 27.7 Å². The molecule has 1 heterocycles. The molecule has 0 saturated heterocycles. The van der Waals surface area contributed by atoms with Gasteiger partial charge in [-0.05, 0) is 77.5 Å². The van der Waals surface area contributed by atoms with Gasteiger partial charge in [-0.15, -0.1) is 0 Å². The van der Waals surface area contributed by atoms with Crippen molar-refractivity contribution in [2.75, 3.05) is 0 Å². The monoisotopic (exact) mass is 451 g/mol. The number of alkyl halides is 3. The van der Waals surface area contributed by atoms with Gasteiger partial charge >= 0.3 is 6.18 Å². The van der Waals surface area contributed by atoms with Crippen LogP contribution in [0, 0.1) is 6.92 Å². The number of nitrogens with zero attached hydrogens (tertiary/aromatic N) is 1. The summed E-state index contributed by atoms with van der Waals surface area (Å²) >= 11 is 17.8. The standard InChI is InChI=1S/C18H11Cl3F3NOS/c1-9-4-10(2-3-14(9)16(21)26)15-8-17(27-25-15,18(22,23)24)11-5-12(19)7-13(20)6-11/h2-7H,8H2,1H3/t17-/m1/s1. The molecule has 9 heteroatoms. The summed E-state index contributed by atoms with van der Waals surface area (Å²) in [6.45, 7) is 1.66. The molecule has 3 rings (SSSR count). The summed E-state index contributed by atoms with van der Waals surface area (Å²) in [7, 11) is 0. The molecule has 0 unspecified atom stereocenters. The van der Waals surface area contributed by atoms with Gasteiger partial charge in [-0.2, -0.15) is 13.2 Å². The lowest BCUT2D eigenvalue weighted by Crippen LogP contribution is -2.38. The van der Waals surface area contributed by atoms with E-state index in [1.165, 1.54) is 24.3 Å². The maximum absolute atomic E-state index is 14.1. The summed E-state index contributed by atoms with van der Waals surface area (Å²) in [6.07, 6.45) is -4.97. The van der Waals surface area contributed by atoms with Crippen molar-refractivity contribution in [3.63, 3.8) is 0 Å². The minimum absolute atomic E-state index is 0.0551. The van der Waals surface area contributed by atoms with E-state index in [1.807, 2.05) is 0 Å². The van der Waals surface area contributed by atoms with Crippen molar-refractivity contribution in [3.8, 4) is 0 Å². The Kier molecular flexibility index (Phi) is 5.56. The van der Waals surface area contributed by atoms with E-state index in [1.54, 1.807) is 19.1 Å². The Morgan fingerprint density at radius 1 is 1.15 bits per heavy atom. The van der Waals surface area contributed by atoms with Crippen LogP contribution in [0.25, 0.3) is 0 Å². The smallest absolute Gasteiger partial charge is 0.276 e. The normalized spacial score (nSPS) is 19.9. The van der Waals surface area contributed by atoms with Crippen molar-refractivity contribution >= 4 is 57.7 Å². The van der Waals surface area contributed by atoms with Crippen LogP contribution in [0.1, 0.15) is 33.5 Å². The van der Waals surface area contributed by atoms with Gasteiger partial charge in [0.1, 0.15) is 0 Å². The molecule has 2 aromatic carbocycles. The summed E-state index contributed by atoms with van der Waals surface area (Å²) in [5.74, 6) is 0. The Balaban J connectivity index is 2.02. The Bertz CT molecular complexity index is 941. The Labute approximate surface area is 172 Å². The van der Waals surface area contributed by atoms with Gasteiger partial charge in [-0.25, -0.2) is 4.40 Å². The average molecular weight is 453 g/mol. The van der Waals surface area contributed by atoms with Crippen LogP contribution in [-0.4, -0.2) is 17.1 Å². The van der Waals surface area contributed by atoms with Gasteiger partial charge < -0.3 is 0 Å². The zero-order valence-electron chi connectivity index (χ0n) is 13.7. The van der Waals surface area contributed by atoms with Gasteiger partial charge in [-0.3, -0.25) is 4.79 Å². The predicted molar refractivity (Wildman–Crippen MR) is 104 cm³/mol. The highest BCUT2D eigenvalue weighted by atomic mass is 35.5. The first kappa shape index (κ1) is 20.5. The molecule has 0 aliphatic carbocycles. The average Bonchev–Trinajstić information content (AvgIpc) is 3.00. The molecule has 1 aliphatic heterocycles. The third kappa shape index (κ3) is 3.86. The first-order chi connectivity index (χ1) is 12.5. The molecule has 2 aromatic rings. The van der Waals surface area contributed by atoms with Crippen molar-refractivity contribution in [1.82, 2.24) is 0 Å². The molecular weight excluding hydrogens is 442 g/mol. The summed E-state index contributed by atoms with van der Waals surface area (Å²) in [5, 5.41) is -0.382. The quantitative estimate of drug-likeness (QED) is 0.371. The lowest BCUT2D eigenvalue weighted by molar-refractivity contribution is -0.159. The number of halogens is 6. The lowest BCUT2D eigenvalue weighted by Gasteiger charge is -2.30. The van der Waals surface area contributed by atoms with Crippen LogP contribution in [-0.2, 0) is 4.75 Å². The minimum Gasteiger partial charge on any atom is -0.276 e. The zero-order chi connectivity index (χ0) is 20.0. The van der Waals surface area contributed by atoms with E-state index in [9.17, 15) is 18.0 Å². The SMILES string of the molecule is Cc1cc(C2=NS[C@](c3cc(Cl)cc(Cl)c3)(C(F)(F)F)C2)ccc1C(=O)Cl. The van der Waals surface area contributed by atoms with Crippen LogP contribution in [0.2, 0.25) is 10.0 Å². The van der Waals surface area contributed by atoms with Gasteiger partial charge in [0.25, 0.3) is 5.24 Å². The van der Waals surface area contributed by atoms with Crippen LogP contribution in [0.15, 0.2) is 40.8 Å². The Morgan fingerprint density at radius 2 is 1.78 bits per heavy atom. The highest BCUT2D eigenvalue weighted by molar-refractivity contribution is 7.99. The molecule has 0 bridgehead atoms. The Hall–Kier alpha value is -1.21. The molecular formula is C18H11Cl3F3NOS.